The summed E-state index contributed by atoms with van der Waals surface area (Å²) in [4.78, 5) is 13.5. The maximum atomic E-state index is 11.8. The molecule has 0 saturated heterocycles. The van der Waals surface area contributed by atoms with Gasteiger partial charge in [0.05, 0.1) is 19.3 Å². The third kappa shape index (κ3) is 6.19. The minimum atomic E-state index is -0.602. The number of methoxy groups -OCH3 is 1. The minimum Gasteiger partial charge on any atom is -0.399 e. The molecule has 6 heteroatoms. The third-order valence-electron chi connectivity index (χ3n) is 2.47. The Morgan fingerprint density at radius 3 is 2.95 bits per heavy atom. The second-order valence-corrected chi connectivity index (χ2v) is 4.48. The molecule has 19 heavy (non-hydrogen) atoms. The topological polar surface area (TPSA) is 87.8 Å². The molecule has 0 aliphatic rings. The van der Waals surface area contributed by atoms with E-state index in [0.29, 0.717) is 17.9 Å². The molecule has 4 N–H and O–H groups in total. The van der Waals surface area contributed by atoms with Crippen molar-refractivity contribution in [1.29, 1.82) is 0 Å². The number of nitrogen functional groups attached to an aromatic ring is 1. The molecule has 0 spiro atoms. The van der Waals surface area contributed by atoms with E-state index in [1.807, 2.05) is 0 Å². The average molecular weight is 267 g/mol. The van der Waals surface area contributed by atoms with Crippen molar-refractivity contribution in [2.75, 3.05) is 44.9 Å². The molecule has 1 aromatic carbocycles. The van der Waals surface area contributed by atoms with Crippen LogP contribution >= 0.6 is 0 Å². The molecular formula is C13H21N3O3. The number of nitrogens with two attached hydrogens (primary N) is 1. The first-order chi connectivity index (χ1) is 9.01. The lowest BCUT2D eigenvalue weighted by atomic mass is 10.3. The predicted molar refractivity (Wildman–Crippen MR) is 74.9 cm³/mol. The quantitative estimate of drug-likeness (QED) is 0.612. The Labute approximate surface area is 113 Å². The van der Waals surface area contributed by atoms with Crippen LogP contribution in [0.4, 0.5) is 11.4 Å². The average Bonchev–Trinajstić information content (AvgIpc) is 2.28. The number of anilines is 2. The van der Waals surface area contributed by atoms with E-state index < -0.39 is 6.10 Å². The van der Waals surface area contributed by atoms with E-state index in [1.165, 1.54) is 7.11 Å². The van der Waals surface area contributed by atoms with E-state index in [0.717, 1.165) is 0 Å². The Bertz CT molecular complexity index is 412. The molecule has 0 aromatic heterocycles. The van der Waals surface area contributed by atoms with E-state index in [2.05, 4.69) is 5.32 Å². The van der Waals surface area contributed by atoms with Gasteiger partial charge in [-0.05, 0) is 25.2 Å². The summed E-state index contributed by atoms with van der Waals surface area (Å²) in [5, 5.41) is 12.3. The van der Waals surface area contributed by atoms with Crippen LogP contribution in [-0.2, 0) is 9.53 Å². The van der Waals surface area contributed by atoms with Gasteiger partial charge in [-0.25, -0.2) is 0 Å². The number of aliphatic hydroxyl groups excluding tert-OH is 1. The van der Waals surface area contributed by atoms with Crippen molar-refractivity contribution in [3.63, 3.8) is 0 Å². The number of ether oxygens (including phenoxy) is 1. The lowest BCUT2D eigenvalue weighted by Crippen LogP contribution is -2.37. The Morgan fingerprint density at radius 1 is 1.58 bits per heavy atom. The molecule has 0 saturated carbocycles. The normalized spacial score (nSPS) is 12.4. The number of amides is 1. The molecule has 1 rings (SSSR count). The number of nitrogens with zero attached hydrogens (tertiary/aromatic N) is 1. The number of nitrogens with one attached hydrogen (secondary N) is 1. The van der Waals surface area contributed by atoms with E-state index >= 15 is 0 Å². The molecule has 0 heterocycles. The summed E-state index contributed by atoms with van der Waals surface area (Å²) in [7, 11) is 3.29. The summed E-state index contributed by atoms with van der Waals surface area (Å²) in [5.74, 6) is -0.155. The van der Waals surface area contributed by atoms with E-state index in [-0.39, 0.29) is 19.1 Å². The largest absolute Gasteiger partial charge is 0.399 e. The lowest BCUT2D eigenvalue weighted by molar-refractivity contribution is -0.117. The first-order valence-electron chi connectivity index (χ1n) is 6.02. The van der Waals surface area contributed by atoms with Crippen molar-refractivity contribution in [1.82, 2.24) is 4.90 Å². The molecule has 1 unspecified atom stereocenters. The SMILES string of the molecule is COCC(O)CN(C)CC(=O)Nc1cccc(N)c1. The molecule has 1 aromatic rings. The fourth-order valence-electron chi connectivity index (χ4n) is 1.73. The van der Waals surface area contributed by atoms with Gasteiger partial charge in [0, 0.05) is 25.0 Å². The van der Waals surface area contributed by atoms with Gasteiger partial charge in [0.25, 0.3) is 0 Å². The van der Waals surface area contributed by atoms with Crippen LogP contribution in [0.2, 0.25) is 0 Å². The second-order valence-electron chi connectivity index (χ2n) is 4.48. The number of hydrogen-bond donors (Lipinski definition) is 3. The monoisotopic (exact) mass is 267 g/mol. The number of aliphatic hydroxyl groups is 1. The van der Waals surface area contributed by atoms with Gasteiger partial charge >= 0.3 is 0 Å². The lowest BCUT2D eigenvalue weighted by Gasteiger charge is -2.19. The molecule has 0 aliphatic heterocycles. The van der Waals surface area contributed by atoms with E-state index in [4.69, 9.17) is 10.5 Å². The maximum Gasteiger partial charge on any atom is 0.238 e. The van der Waals surface area contributed by atoms with Gasteiger partial charge in [0.1, 0.15) is 0 Å². The highest BCUT2D eigenvalue weighted by atomic mass is 16.5. The molecule has 0 bridgehead atoms. The Balaban J connectivity index is 2.38. The van der Waals surface area contributed by atoms with Crippen LogP contribution in [-0.4, -0.2) is 55.9 Å². The summed E-state index contributed by atoms with van der Waals surface area (Å²) in [6, 6.07) is 6.99. The summed E-state index contributed by atoms with van der Waals surface area (Å²) in [5.41, 5.74) is 6.89. The number of benzene rings is 1. The summed E-state index contributed by atoms with van der Waals surface area (Å²) in [6.45, 7) is 0.814. The Kier molecular flexibility index (Phi) is 6.27. The van der Waals surface area contributed by atoms with Gasteiger partial charge in [-0.1, -0.05) is 6.07 Å². The summed E-state index contributed by atoms with van der Waals surface area (Å²) < 4.78 is 4.83. The van der Waals surface area contributed by atoms with Gasteiger partial charge < -0.3 is 20.9 Å². The smallest absolute Gasteiger partial charge is 0.238 e. The standard InChI is InChI=1S/C13H21N3O3/c1-16(7-12(17)9-19-2)8-13(18)15-11-5-3-4-10(14)6-11/h3-6,12,17H,7-9,14H2,1-2H3,(H,15,18). The highest BCUT2D eigenvalue weighted by Gasteiger charge is 2.11. The first-order valence-corrected chi connectivity index (χ1v) is 6.02. The van der Waals surface area contributed by atoms with Crippen LogP contribution in [0.25, 0.3) is 0 Å². The predicted octanol–water partition coefficient (Wildman–Crippen LogP) is 0.146. The summed E-state index contributed by atoms with van der Waals surface area (Å²) >= 11 is 0. The fraction of sp³-hybridized carbons (Fsp3) is 0.462. The van der Waals surface area contributed by atoms with Gasteiger partial charge in [-0.15, -0.1) is 0 Å². The van der Waals surface area contributed by atoms with Crippen molar-refractivity contribution < 1.29 is 14.6 Å². The molecule has 0 fully saturated rings. The number of likely N-dealkylation sites (N-methyl/N-ethyl adjacent to an activating group) is 1. The van der Waals surface area contributed by atoms with E-state index in [1.54, 1.807) is 36.2 Å². The van der Waals surface area contributed by atoms with Crippen molar-refractivity contribution in [3.8, 4) is 0 Å². The number of hydrogen-bond acceptors (Lipinski definition) is 5. The molecule has 1 amide bonds. The molecule has 1 atom stereocenters. The third-order valence-corrected chi connectivity index (χ3v) is 2.47. The van der Waals surface area contributed by atoms with Crippen LogP contribution in [0.1, 0.15) is 0 Å². The van der Waals surface area contributed by atoms with Gasteiger partial charge in [0.15, 0.2) is 0 Å². The van der Waals surface area contributed by atoms with Crippen molar-refractivity contribution in [2.24, 2.45) is 0 Å². The van der Waals surface area contributed by atoms with Crippen molar-refractivity contribution >= 4 is 17.3 Å². The molecule has 0 aliphatic carbocycles. The zero-order valence-electron chi connectivity index (χ0n) is 11.3. The zero-order chi connectivity index (χ0) is 14.3. The van der Waals surface area contributed by atoms with Gasteiger partial charge in [-0.3, -0.25) is 9.69 Å². The summed E-state index contributed by atoms with van der Waals surface area (Å²) in [6.07, 6.45) is -0.602. The maximum absolute atomic E-state index is 11.8. The van der Waals surface area contributed by atoms with Gasteiger partial charge in [-0.2, -0.15) is 0 Å². The fourth-order valence-corrected chi connectivity index (χ4v) is 1.73. The zero-order valence-corrected chi connectivity index (χ0v) is 11.3. The number of rotatable bonds is 7. The van der Waals surface area contributed by atoms with Crippen LogP contribution in [0, 0.1) is 0 Å². The van der Waals surface area contributed by atoms with Crippen LogP contribution in [0.3, 0.4) is 0 Å². The van der Waals surface area contributed by atoms with Crippen molar-refractivity contribution in [2.45, 2.75) is 6.10 Å². The molecule has 6 nitrogen and oxygen atoms in total. The van der Waals surface area contributed by atoms with E-state index in [9.17, 15) is 9.90 Å². The molecule has 0 radical (unpaired) electrons. The Hall–Kier alpha value is -1.63. The first kappa shape index (κ1) is 15.4. The van der Waals surface area contributed by atoms with Gasteiger partial charge in [0.2, 0.25) is 5.91 Å². The molecular weight excluding hydrogens is 246 g/mol. The minimum absolute atomic E-state index is 0.155. The molecule has 106 valence electrons. The van der Waals surface area contributed by atoms with Crippen LogP contribution in [0.15, 0.2) is 24.3 Å². The highest BCUT2D eigenvalue weighted by Crippen LogP contribution is 2.11. The number of carbonyl (C=O) groups excluding carboxylic acids is 1. The number of carbonyl (C=O) groups is 1. The Morgan fingerprint density at radius 2 is 2.32 bits per heavy atom. The van der Waals surface area contributed by atoms with Crippen molar-refractivity contribution in [3.05, 3.63) is 24.3 Å². The second kappa shape index (κ2) is 7.73. The van der Waals surface area contributed by atoms with Crippen LogP contribution in [0.5, 0.6) is 0 Å². The highest BCUT2D eigenvalue weighted by molar-refractivity contribution is 5.92. The van der Waals surface area contributed by atoms with Crippen LogP contribution < -0.4 is 11.1 Å².